The van der Waals surface area contributed by atoms with Gasteiger partial charge in [0.1, 0.15) is 17.5 Å². The molecule has 0 spiro atoms. The minimum atomic E-state index is 0.326. The van der Waals surface area contributed by atoms with Crippen LogP contribution in [-0.4, -0.2) is 14.6 Å². The van der Waals surface area contributed by atoms with Gasteiger partial charge in [0, 0.05) is 11.6 Å². The molecule has 2 aromatic heterocycles. The van der Waals surface area contributed by atoms with Crippen LogP contribution in [0, 0.1) is 18.3 Å². The van der Waals surface area contributed by atoms with Crippen molar-refractivity contribution in [1.29, 1.82) is 5.26 Å². The van der Waals surface area contributed by atoms with E-state index in [1.165, 1.54) is 4.52 Å². The van der Waals surface area contributed by atoms with Crippen molar-refractivity contribution >= 4 is 11.5 Å². The van der Waals surface area contributed by atoms with Crippen LogP contribution in [-0.2, 0) is 0 Å². The minimum Gasteiger partial charge on any atom is -0.382 e. The Balaban J connectivity index is 2.28. The lowest BCUT2D eigenvalue weighted by atomic mass is 10.2. The maximum absolute atomic E-state index is 9.07. The van der Waals surface area contributed by atoms with Gasteiger partial charge in [-0.25, -0.2) is 4.98 Å². The molecule has 0 saturated heterocycles. The summed E-state index contributed by atoms with van der Waals surface area (Å²) in [6, 6.07) is 13.7. The molecule has 0 atom stereocenters. The van der Waals surface area contributed by atoms with Gasteiger partial charge in [-0.05, 0) is 6.92 Å². The molecule has 0 bridgehead atoms. The number of anilines is 1. The van der Waals surface area contributed by atoms with Gasteiger partial charge in [-0.1, -0.05) is 30.3 Å². The first-order valence-electron chi connectivity index (χ1n) is 5.82. The molecule has 5 heteroatoms. The molecule has 92 valence electrons. The maximum Gasteiger partial charge on any atom is 0.158 e. The SMILES string of the molecule is Cc1nc2cc(-c3ccccc3)nn2c(N)c1C#N. The van der Waals surface area contributed by atoms with Crippen LogP contribution in [0.4, 0.5) is 5.82 Å². The summed E-state index contributed by atoms with van der Waals surface area (Å²) < 4.78 is 1.51. The number of hydrogen-bond acceptors (Lipinski definition) is 4. The Morgan fingerprint density at radius 1 is 1.26 bits per heavy atom. The molecule has 0 aliphatic heterocycles. The molecule has 0 fully saturated rings. The topological polar surface area (TPSA) is 80.0 Å². The molecule has 1 aromatic carbocycles. The minimum absolute atomic E-state index is 0.326. The Hall–Kier alpha value is -2.87. The van der Waals surface area contributed by atoms with Gasteiger partial charge in [0.15, 0.2) is 5.65 Å². The number of nitrogen functional groups attached to an aromatic ring is 1. The molecule has 0 aliphatic carbocycles. The number of aryl methyl sites for hydroxylation is 1. The second-order valence-electron chi connectivity index (χ2n) is 4.23. The third kappa shape index (κ3) is 1.70. The highest BCUT2D eigenvalue weighted by Gasteiger charge is 2.13. The predicted molar refractivity (Wildman–Crippen MR) is 72.3 cm³/mol. The normalized spacial score (nSPS) is 10.5. The van der Waals surface area contributed by atoms with E-state index in [0.29, 0.717) is 22.7 Å². The zero-order chi connectivity index (χ0) is 13.4. The molecule has 0 aliphatic rings. The highest BCUT2D eigenvalue weighted by Crippen LogP contribution is 2.22. The second-order valence-corrected chi connectivity index (χ2v) is 4.23. The Morgan fingerprint density at radius 3 is 2.68 bits per heavy atom. The smallest absolute Gasteiger partial charge is 0.158 e. The molecule has 5 nitrogen and oxygen atoms in total. The van der Waals surface area contributed by atoms with Gasteiger partial charge in [-0.3, -0.25) is 0 Å². The van der Waals surface area contributed by atoms with Crippen LogP contribution in [0.15, 0.2) is 36.4 Å². The van der Waals surface area contributed by atoms with E-state index in [1.54, 1.807) is 6.92 Å². The van der Waals surface area contributed by atoms with Crippen molar-refractivity contribution in [3.05, 3.63) is 47.7 Å². The van der Waals surface area contributed by atoms with Crippen molar-refractivity contribution in [2.24, 2.45) is 0 Å². The lowest BCUT2D eigenvalue weighted by Gasteiger charge is -2.03. The van der Waals surface area contributed by atoms with Gasteiger partial charge in [0.2, 0.25) is 0 Å². The van der Waals surface area contributed by atoms with E-state index in [4.69, 9.17) is 11.0 Å². The van der Waals surface area contributed by atoms with Crippen LogP contribution in [0.1, 0.15) is 11.3 Å². The largest absolute Gasteiger partial charge is 0.382 e. The van der Waals surface area contributed by atoms with Crippen molar-refractivity contribution in [3.63, 3.8) is 0 Å². The molecule has 0 radical (unpaired) electrons. The van der Waals surface area contributed by atoms with Gasteiger partial charge >= 0.3 is 0 Å². The molecular weight excluding hydrogens is 238 g/mol. The molecular formula is C14H11N5. The number of aromatic nitrogens is 3. The first kappa shape index (κ1) is 11.2. The lowest BCUT2D eigenvalue weighted by molar-refractivity contribution is 0.940. The average Bonchev–Trinajstić information content (AvgIpc) is 2.84. The van der Waals surface area contributed by atoms with Crippen LogP contribution < -0.4 is 5.73 Å². The van der Waals surface area contributed by atoms with Gasteiger partial charge in [-0.15, -0.1) is 0 Å². The van der Waals surface area contributed by atoms with E-state index in [-0.39, 0.29) is 0 Å². The summed E-state index contributed by atoms with van der Waals surface area (Å²) in [6.07, 6.45) is 0. The van der Waals surface area contributed by atoms with Crippen molar-refractivity contribution in [2.75, 3.05) is 5.73 Å². The molecule has 3 aromatic rings. The predicted octanol–water partition coefficient (Wildman–Crippen LogP) is 2.16. The number of nitrogens with two attached hydrogens (primary N) is 1. The van der Waals surface area contributed by atoms with E-state index in [1.807, 2.05) is 36.4 Å². The third-order valence-corrected chi connectivity index (χ3v) is 3.00. The average molecular weight is 249 g/mol. The van der Waals surface area contributed by atoms with Gasteiger partial charge in [0.25, 0.3) is 0 Å². The molecule has 2 N–H and O–H groups in total. The maximum atomic E-state index is 9.07. The zero-order valence-electron chi connectivity index (χ0n) is 10.3. The van der Waals surface area contributed by atoms with Crippen LogP contribution in [0.3, 0.4) is 0 Å². The number of benzene rings is 1. The lowest BCUT2D eigenvalue weighted by Crippen LogP contribution is -2.05. The molecule has 0 saturated carbocycles. The summed E-state index contributed by atoms with van der Waals surface area (Å²) in [7, 11) is 0. The first-order chi connectivity index (χ1) is 9.20. The molecule has 2 heterocycles. The third-order valence-electron chi connectivity index (χ3n) is 3.00. The van der Waals surface area contributed by atoms with Gasteiger partial charge in [-0.2, -0.15) is 14.9 Å². The van der Waals surface area contributed by atoms with Crippen LogP contribution in [0.5, 0.6) is 0 Å². The fraction of sp³-hybridized carbons (Fsp3) is 0.0714. The number of fused-ring (bicyclic) bond motifs is 1. The second kappa shape index (κ2) is 4.10. The first-order valence-corrected chi connectivity index (χ1v) is 5.82. The summed E-state index contributed by atoms with van der Waals surface area (Å²) in [6.45, 7) is 1.77. The van der Waals surface area contributed by atoms with E-state index in [2.05, 4.69) is 16.2 Å². The Bertz CT molecular complexity index is 796. The van der Waals surface area contributed by atoms with Crippen LogP contribution >= 0.6 is 0 Å². The van der Waals surface area contributed by atoms with Crippen molar-refractivity contribution in [1.82, 2.24) is 14.6 Å². The van der Waals surface area contributed by atoms with E-state index in [0.717, 1.165) is 11.3 Å². The zero-order valence-corrected chi connectivity index (χ0v) is 10.3. The Labute approximate surface area is 109 Å². The van der Waals surface area contributed by atoms with Crippen molar-refractivity contribution in [3.8, 4) is 17.3 Å². The summed E-state index contributed by atoms with van der Waals surface area (Å²) in [5.41, 5.74) is 9.37. The Kier molecular flexibility index (Phi) is 2.43. The molecule has 3 rings (SSSR count). The van der Waals surface area contributed by atoms with E-state index in [9.17, 15) is 0 Å². The van der Waals surface area contributed by atoms with Crippen molar-refractivity contribution < 1.29 is 0 Å². The highest BCUT2D eigenvalue weighted by atomic mass is 15.3. The number of hydrogen-bond donors (Lipinski definition) is 1. The monoisotopic (exact) mass is 249 g/mol. The fourth-order valence-electron chi connectivity index (χ4n) is 2.04. The number of rotatable bonds is 1. The Morgan fingerprint density at radius 2 is 2.00 bits per heavy atom. The van der Waals surface area contributed by atoms with Crippen LogP contribution in [0.25, 0.3) is 16.9 Å². The van der Waals surface area contributed by atoms with E-state index >= 15 is 0 Å². The highest BCUT2D eigenvalue weighted by molar-refractivity contribution is 5.67. The quantitative estimate of drug-likeness (QED) is 0.716. The molecule has 19 heavy (non-hydrogen) atoms. The molecule has 0 unspecified atom stereocenters. The van der Waals surface area contributed by atoms with Crippen LogP contribution in [0.2, 0.25) is 0 Å². The summed E-state index contributed by atoms with van der Waals surface area (Å²) in [4.78, 5) is 4.35. The van der Waals surface area contributed by atoms with Gasteiger partial charge in [0.05, 0.1) is 11.4 Å². The number of nitriles is 1. The van der Waals surface area contributed by atoms with Crippen molar-refractivity contribution in [2.45, 2.75) is 6.92 Å². The standard InChI is InChI=1S/C14H11N5/c1-9-11(8-15)14(16)19-13(17-9)7-12(18-19)10-5-3-2-4-6-10/h2-7H,16H2,1H3. The fourth-order valence-corrected chi connectivity index (χ4v) is 2.04. The molecule has 0 amide bonds. The summed E-state index contributed by atoms with van der Waals surface area (Å²) in [5.74, 6) is 0.326. The van der Waals surface area contributed by atoms with E-state index < -0.39 is 0 Å². The summed E-state index contributed by atoms with van der Waals surface area (Å²) >= 11 is 0. The summed E-state index contributed by atoms with van der Waals surface area (Å²) in [5, 5.41) is 13.5. The van der Waals surface area contributed by atoms with Gasteiger partial charge < -0.3 is 5.73 Å². The number of nitrogens with zero attached hydrogens (tertiary/aromatic N) is 4.